The average Bonchev–Trinajstić information content (AvgIpc) is 3.33. The number of hydrogen-bond donors (Lipinski definition) is 1. The van der Waals surface area contributed by atoms with Crippen molar-refractivity contribution in [2.75, 3.05) is 0 Å². The molecule has 1 aromatic carbocycles. The minimum atomic E-state index is -1.29. The second kappa shape index (κ2) is 6.49. The number of rotatable bonds is 5. The minimum absolute atomic E-state index is 0.0829. The molecule has 0 atom stereocenters. The van der Waals surface area contributed by atoms with Crippen molar-refractivity contribution >= 4 is 29.2 Å². The molecule has 0 spiro atoms. The number of ether oxygens (including phenoxy) is 1. The molecule has 0 bridgehead atoms. The molecule has 2 aromatic rings. The van der Waals surface area contributed by atoms with Crippen LogP contribution in [0.3, 0.4) is 0 Å². The van der Waals surface area contributed by atoms with Crippen LogP contribution in [0.15, 0.2) is 29.1 Å². The maximum atomic E-state index is 12.4. The molecule has 1 aliphatic rings. The van der Waals surface area contributed by atoms with Crippen molar-refractivity contribution in [2.24, 2.45) is 0 Å². The Balaban J connectivity index is 2.30. The first kappa shape index (κ1) is 16.9. The maximum absolute atomic E-state index is 12.4. The first-order valence-electron chi connectivity index (χ1n) is 7.55. The number of pyridine rings is 1. The summed E-state index contributed by atoms with van der Waals surface area (Å²) >= 11 is 12.0. The Kier molecular flexibility index (Phi) is 4.56. The lowest BCUT2D eigenvalue weighted by Crippen LogP contribution is -2.22. The van der Waals surface area contributed by atoms with Crippen molar-refractivity contribution in [3.63, 3.8) is 0 Å². The van der Waals surface area contributed by atoms with Gasteiger partial charge in [0.15, 0.2) is 5.88 Å². The average molecular weight is 368 g/mol. The molecule has 126 valence electrons. The van der Waals surface area contributed by atoms with E-state index in [1.807, 2.05) is 6.92 Å². The van der Waals surface area contributed by atoms with E-state index in [0.717, 1.165) is 12.8 Å². The molecule has 5 nitrogen and oxygen atoms in total. The summed E-state index contributed by atoms with van der Waals surface area (Å²) in [6, 6.07) is 6.01. The van der Waals surface area contributed by atoms with Gasteiger partial charge in [-0.05, 0) is 31.9 Å². The molecule has 0 unspecified atom stereocenters. The van der Waals surface area contributed by atoms with Gasteiger partial charge in [-0.3, -0.25) is 4.79 Å². The highest BCUT2D eigenvalue weighted by molar-refractivity contribution is 6.42. The smallest absolute Gasteiger partial charge is 0.341 e. The van der Waals surface area contributed by atoms with Crippen LogP contribution in [0.5, 0.6) is 5.88 Å². The number of carbonyl (C=O) groups is 1. The van der Waals surface area contributed by atoms with E-state index in [0.29, 0.717) is 23.0 Å². The van der Waals surface area contributed by atoms with Crippen molar-refractivity contribution in [1.82, 2.24) is 4.57 Å². The Morgan fingerprint density at radius 1 is 1.29 bits per heavy atom. The number of aromatic carboxylic acids is 1. The molecular formula is C17H15Cl2NO4. The van der Waals surface area contributed by atoms with Gasteiger partial charge in [0, 0.05) is 18.2 Å². The van der Waals surface area contributed by atoms with Crippen molar-refractivity contribution in [3.05, 3.63) is 50.1 Å². The highest BCUT2D eigenvalue weighted by Crippen LogP contribution is 2.33. The van der Waals surface area contributed by atoms with E-state index in [2.05, 4.69) is 0 Å². The number of halogens is 2. The molecule has 7 heteroatoms. The lowest BCUT2D eigenvalue weighted by Gasteiger charge is -2.19. The topological polar surface area (TPSA) is 68.5 Å². The van der Waals surface area contributed by atoms with Crippen LogP contribution in [0.1, 0.15) is 30.1 Å². The molecule has 1 aromatic heterocycles. The molecule has 0 radical (unpaired) electrons. The molecule has 0 saturated heterocycles. The van der Waals surface area contributed by atoms with Crippen LogP contribution in [0.25, 0.3) is 11.3 Å². The van der Waals surface area contributed by atoms with Gasteiger partial charge >= 0.3 is 5.97 Å². The van der Waals surface area contributed by atoms with Gasteiger partial charge in [0.25, 0.3) is 0 Å². The van der Waals surface area contributed by atoms with Crippen molar-refractivity contribution < 1.29 is 14.6 Å². The fourth-order valence-corrected chi connectivity index (χ4v) is 2.84. The Morgan fingerprint density at radius 2 is 2.00 bits per heavy atom. The first-order valence-corrected chi connectivity index (χ1v) is 8.31. The summed E-state index contributed by atoms with van der Waals surface area (Å²) in [7, 11) is 0. The second-order valence-corrected chi connectivity index (χ2v) is 6.38. The van der Waals surface area contributed by atoms with Gasteiger partial charge in [0.05, 0.1) is 15.7 Å². The highest BCUT2D eigenvalue weighted by atomic mass is 35.5. The van der Waals surface area contributed by atoms with Crippen LogP contribution in [0.2, 0.25) is 10.0 Å². The number of nitrogens with zero attached hydrogens (tertiary/aromatic N) is 1. The van der Waals surface area contributed by atoms with Gasteiger partial charge in [0.2, 0.25) is 5.43 Å². The van der Waals surface area contributed by atoms with Crippen LogP contribution in [-0.4, -0.2) is 21.7 Å². The molecule has 1 heterocycles. The standard InChI is InChI=1S/C17H15Cl2NO4/c1-2-20-14(24-10-4-5-10)8-13(21)15(17(22)23)16(20)9-3-6-11(18)12(19)7-9/h3,6-8,10H,2,4-5H2,1H3,(H,22,23). The molecule has 0 amide bonds. The fraction of sp³-hybridized carbons (Fsp3) is 0.294. The molecule has 3 rings (SSSR count). The largest absolute Gasteiger partial charge is 0.477 e. The minimum Gasteiger partial charge on any atom is -0.477 e. The summed E-state index contributed by atoms with van der Waals surface area (Å²) in [4.78, 5) is 24.0. The summed E-state index contributed by atoms with van der Waals surface area (Å²) in [5, 5.41) is 10.2. The van der Waals surface area contributed by atoms with E-state index in [-0.39, 0.29) is 22.4 Å². The van der Waals surface area contributed by atoms with Crippen LogP contribution < -0.4 is 10.2 Å². The summed E-state index contributed by atoms with van der Waals surface area (Å²) in [5.74, 6) is -0.919. The summed E-state index contributed by atoms with van der Waals surface area (Å²) in [5.41, 5.74) is -0.129. The zero-order valence-electron chi connectivity index (χ0n) is 12.9. The molecule has 1 aliphatic carbocycles. The fourth-order valence-electron chi connectivity index (χ4n) is 2.54. The quantitative estimate of drug-likeness (QED) is 0.864. The Labute approximate surface area is 148 Å². The summed E-state index contributed by atoms with van der Waals surface area (Å²) in [6.45, 7) is 2.30. The molecule has 0 aliphatic heterocycles. The van der Waals surface area contributed by atoms with Gasteiger partial charge in [-0.2, -0.15) is 0 Å². The third-order valence-corrected chi connectivity index (χ3v) is 4.55. The van der Waals surface area contributed by atoms with E-state index in [1.165, 1.54) is 6.07 Å². The zero-order valence-corrected chi connectivity index (χ0v) is 14.4. The number of benzene rings is 1. The van der Waals surface area contributed by atoms with Crippen molar-refractivity contribution in [2.45, 2.75) is 32.4 Å². The van der Waals surface area contributed by atoms with Crippen molar-refractivity contribution in [1.29, 1.82) is 0 Å². The van der Waals surface area contributed by atoms with Crippen molar-refractivity contribution in [3.8, 4) is 17.1 Å². The summed E-state index contributed by atoms with van der Waals surface area (Å²) in [6.07, 6.45) is 1.95. The van der Waals surface area contributed by atoms with Crippen LogP contribution in [0, 0.1) is 0 Å². The predicted molar refractivity (Wildman–Crippen MR) is 92.4 cm³/mol. The SMILES string of the molecule is CCn1c(OC2CC2)cc(=O)c(C(=O)O)c1-c1ccc(Cl)c(Cl)c1. The zero-order chi connectivity index (χ0) is 17.4. The Bertz CT molecular complexity index is 872. The lowest BCUT2D eigenvalue weighted by atomic mass is 10.0. The summed E-state index contributed by atoms with van der Waals surface area (Å²) < 4.78 is 7.47. The second-order valence-electron chi connectivity index (χ2n) is 5.57. The number of hydrogen-bond acceptors (Lipinski definition) is 3. The number of carboxylic acids is 1. The monoisotopic (exact) mass is 367 g/mol. The van der Waals surface area contributed by atoms with E-state index in [1.54, 1.807) is 22.8 Å². The Morgan fingerprint density at radius 3 is 2.54 bits per heavy atom. The number of carboxylic acid groups (broad SMARTS) is 1. The molecule has 24 heavy (non-hydrogen) atoms. The maximum Gasteiger partial charge on any atom is 0.341 e. The molecule has 1 N–H and O–H groups in total. The number of aromatic nitrogens is 1. The van der Waals surface area contributed by atoms with Crippen LogP contribution in [-0.2, 0) is 6.54 Å². The van der Waals surface area contributed by atoms with E-state index in [9.17, 15) is 14.7 Å². The van der Waals surface area contributed by atoms with E-state index >= 15 is 0 Å². The van der Waals surface area contributed by atoms with Gasteiger partial charge in [-0.25, -0.2) is 4.79 Å². The highest BCUT2D eigenvalue weighted by Gasteiger charge is 2.28. The van der Waals surface area contributed by atoms with Gasteiger partial charge in [-0.1, -0.05) is 29.3 Å². The first-order chi connectivity index (χ1) is 11.4. The molecular weight excluding hydrogens is 353 g/mol. The van der Waals surface area contributed by atoms with Crippen LogP contribution >= 0.6 is 23.2 Å². The van der Waals surface area contributed by atoms with Crippen LogP contribution in [0.4, 0.5) is 0 Å². The van der Waals surface area contributed by atoms with Gasteiger partial charge in [0.1, 0.15) is 11.7 Å². The van der Waals surface area contributed by atoms with E-state index < -0.39 is 11.4 Å². The van der Waals surface area contributed by atoms with Gasteiger partial charge in [-0.15, -0.1) is 0 Å². The van der Waals surface area contributed by atoms with E-state index in [4.69, 9.17) is 27.9 Å². The lowest BCUT2D eigenvalue weighted by molar-refractivity contribution is 0.0695. The Hall–Kier alpha value is -1.98. The van der Waals surface area contributed by atoms with Gasteiger partial charge < -0.3 is 14.4 Å². The third-order valence-electron chi connectivity index (χ3n) is 3.81. The molecule has 1 fully saturated rings. The predicted octanol–water partition coefficient (Wildman–Crippen LogP) is 4.08. The normalized spacial score (nSPS) is 13.8. The molecule has 1 saturated carbocycles. The third kappa shape index (κ3) is 3.14.